The van der Waals surface area contributed by atoms with E-state index in [4.69, 9.17) is 5.26 Å². The standard InChI is InChI=1S/C13H18N4/c1-13(2)6-4-3-5-11(13)17-12-10(9-14)15-7-8-16-12/h7-8,11H,3-6H2,1-2H3,(H,16,17). The van der Waals surface area contributed by atoms with Crippen LogP contribution < -0.4 is 5.32 Å². The van der Waals surface area contributed by atoms with Crippen LogP contribution in [0.4, 0.5) is 5.82 Å². The summed E-state index contributed by atoms with van der Waals surface area (Å²) in [7, 11) is 0. The van der Waals surface area contributed by atoms with Crippen LogP contribution in [-0.4, -0.2) is 16.0 Å². The highest BCUT2D eigenvalue weighted by molar-refractivity contribution is 5.47. The van der Waals surface area contributed by atoms with Crippen molar-refractivity contribution in [2.45, 2.75) is 45.6 Å². The maximum Gasteiger partial charge on any atom is 0.182 e. The first-order chi connectivity index (χ1) is 8.13. The maximum absolute atomic E-state index is 8.99. The molecule has 4 nitrogen and oxygen atoms in total. The quantitative estimate of drug-likeness (QED) is 0.848. The van der Waals surface area contributed by atoms with Gasteiger partial charge in [0.2, 0.25) is 0 Å². The lowest BCUT2D eigenvalue weighted by Gasteiger charge is -2.39. The average Bonchev–Trinajstić information content (AvgIpc) is 2.32. The summed E-state index contributed by atoms with van der Waals surface area (Å²) in [5.41, 5.74) is 0.636. The minimum atomic E-state index is 0.252. The Kier molecular flexibility index (Phi) is 3.28. The van der Waals surface area contributed by atoms with Crippen LogP contribution in [-0.2, 0) is 0 Å². The monoisotopic (exact) mass is 230 g/mol. The van der Waals surface area contributed by atoms with Crippen molar-refractivity contribution < 1.29 is 0 Å². The van der Waals surface area contributed by atoms with Gasteiger partial charge in [0.1, 0.15) is 6.07 Å². The molecule has 0 aliphatic heterocycles. The van der Waals surface area contributed by atoms with Gasteiger partial charge in [-0.25, -0.2) is 9.97 Å². The molecule has 0 aromatic carbocycles. The van der Waals surface area contributed by atoms with Crippen LogP contribution in [0.2, 0.25) is 0 Å². The minimum absolute atomic E-state index is 0.252. The molecule has 1 atom stereocenters. The molecule has 0 bridgehead atoms. The van der Waals surface area contributed by atoms with Crippen molar-refractivity contribution in [2.24, 2.45) is 5.41 Å². The molecule has 1 aromatic heterocycles. The molecule has 0 radical (unpaired) electrons. The van der Waals surface area contributed by atoms with E-state index in [-0.39, 0.29) is 5.41 Å². The summed E-state index contributed by atoms with van der Waals surface area (Å²) >= 11 is 0. The van der Waals surface area contributed by atoms with E-state index in [9.17, 15) is 0 Å². The second kappa shape index (κ2) is 4.70. The molecule has 1 fully saturated rings. The summed E-state index contributed by atoms with van der Waals surface area (Å²) in [4.78, 5) is 8.24. The maximum atomic E-state index is 8.99. The summed E-state index contributed by atoms with van der Waals surface area (Å²) in [5, 5.41) is 12.4. The van der Waals surface area contributed by atoms with Gasteiger partial charge in [-0.2, -0.15) is 5.26 Å². The van der Waals surface area contributed by atoms with Crippen molar-refractivity contribution in [2.75, 3.05) is 5.32 Å². The Morgan fingerprint density at radius 2 is 2.12 bits per heavy atom. The lowest BCUT2D eigenvalue weighted by Crippen LogP contribution is -2.39. The van der Waals surface area contributed by atoms with Gasteiger partial charge in [-0.15, -0.1) is 0 Å². The Bertz CT molecular complexity index is 433. The van der Waals surface area contributed by atoms with Gasteiger partial charge in [0, 0.05) is 18.4 Å². The molecular formula is C13H18N4. The normalized spacial score (nSPS) is 22.8. The number of aromatic nitrogens is 2. The highest BCUT2D eigenvalue weighted by Crippen LogP contribution is 2.37. The van der Waals surface area contributed by atoms with Crippen LogP contribution in [0, 0.1) is 16.7 Å². The molecule has 17 heavy (non-hydrogen) atoms. The molecule has 90 valence electrons. The van der Waals surface area contributed by atoms with Gasteiger partial charge in [-0.1, -0.05) is 26.7 Å². The molecule has 1 N–H and O–H groups in total. The summed E-state index contributed by atoms with van der Waals surface area (Å²) in [6.07, 6.45) is 8.05. The molecule has 1 unspecified atom stereocenters. The molecule has 1 aliphatic rings. The van der Waals surface area contributed by atoms with Crippen molar-refractivity contribution >= 4 is 5.82 Å². The number of nitriles is 1. The van der Waals surface area contributed by atoms with Crippen LogP contribution in [0.1, 0.15) is 45.2 Å². The molecule has 4 heteroatoms. The minimum Gasteiger partial charge on any atom is -0.364 e. The number of nitrogens with one attached hydrogen (secondary N) is 1. The molecule has 2 rings (SSSR count). The Hall–Kier alpha value is -1.63. The van der Waals surface area contributed by atoms with Gasteiger partial charge in [0.15, 0.2) is 11.5 Å². The zero-order valence-corrected chi connectivity index (χ0v) is 10.4. The Morgan fingerprint density at radius 1 is 1.35 bits per heavy atom. The fourth-order valence-corrected chi connectivity index (χ4v) is 2.45. The Morgan fingerprint density at radius 3 is 2.82 bits per heavy atom. The van der Waals surface area contributed by atoms with Crippen LogP contribution in [0.25, 0.3) is 0 Å². The van der Waals surface area contributed by atoms with Crippen LogP contribution in [0.3, 0.4) is 0 Å². The van der Waals surface area contributed by atoms with Gasteiger partial charge in [-0.05, 0) is 18.3 Å². The molecule has 1 aliphatic carbocycles. The summed E-state index contributed by atoms with van der Waals surface area (Å²) in [5.74, 6) is 0.620. The SMILES string of the molecule is CC1(C)CCCCC1Nc1nccnc1C#N. The predicted octanol–water partition coefficient (Wildman–Crippen LogP) is 2.73. The summed E-state index contributed by atoms with van der Waals surface area (Å²) in [6.45, 7) is 4.54. The highest BCUT2D eigenvalue weighted by Gasteiger charge is 2.32. The second-order valence-corrected chi connectivity index (χ2v) is 5.30. The lowest BCUT2D eigenvalue weighted by molar-refractivity contribution is 0.216. The van der Waals surface area contributed by atoms with E-state index in [1.165, 1.54) is 19.3 Å². The van der Waals surface area contributed by atoms with Crippen molar-refractivity contribution in [3.63, 3.8) is 0 Å². The van der Waals surface area contributed by atoms with Crippen molar-refractivity contribution in [1.29, 1.82) is 5.26 Å². The first-order valence-electron chi connectivity index (χ1n) is 6.11. The van der Waals surface area contributed by atoms with E-state index in [1.807, 2.05) is 0 Å². The van der Waals surface area contributed by atoms with E-state index < -0.39 is 0 Å². The molecular weight excluding hydrogens is 212 g/mol. The van der Waals surface area contributed by atoms with Crippen molar-refractivity contribution in [3.8, 4) is 6.07 Å². The third-order valence-electron chi connectivity index (χ3n) is 3.62. The van der Waals surface area contributed by atoms with E-state index in [0.717, 1.165) is 6.42 Å². The third-order valence-corrected chi connectivity index (χ3v) is 3.62. The summed E-state index contributed by atoms with van der Waals surface area (Å²) < 4.78 is 0. The van der Waals surface area contributed by atoms with Gasteiger partial charge in [0.05, 0.1) is 0 Å². The predicted molar refractivity (Wildman–Crippen MR) is 66.4 cm³/mol. The van der Waals surface area contributed by atoms with E-state index >= 15 is 0 Å². The molecule has 1 heterocycles. The third kappa shape index (κ3) is 2.55. The largest absolute Gasteiger partial charge is 0.364 e. The zero-order chi connectivity index (χ0) is 12.3. The summed E-state index contributed by atoms with van der Waals surface area (Å²) in [6, 6.07) is 2.45. The molecule has 0 spiro atoms. The zero-order valence-electron chi connectivity index (χ0n) is 10.4. The van der Waals surface area contributed by atoms with E-state index in [0.29, 0.717) is 17.6 Å². The second-order valence-electron chi connectivity index (χ2n) is 5.30. The van der Waals surface area contributed by atoms with Crippen molar-refractivity contribution in [3.05, 3.63) is 18.1 Å². The average molecular weight is 230 g/mol. The fraction of sp³-hybridized carbons (Fsp3) is 0.615. The number of hydrogen-bond acceptors (Lipinski definition) is 4. The smallest absolute Gasteiger partial charge is 0.182 e. The number of anilines is 1. The molecule has 0 saturated heterocycles. The van der Waals surface area contributed by atoms with Crippen LogP contribution in [0.15, 0.2) is 12.4 Å². The molecule has 0 amide bonds. The van der Waals surface area contributed by atoms with Gasteiger partial charge < -0.3 is 5.32 Å². The highest BCUT2D eigenvalue weighted by atomic mass is 15.0. The van der Waals surface area contributed by atoms with Gasteiger partial charge >= 0.3 is 0 Å². The first kappa shape index (κ1) is 11.8. The van der Waals surface area contributed by atoms with E-state index in [2.05, 4.69) is 35.2 Å². The topological polar surface area (TPSA) is 61.6 Å². The van der Waals surface area contributed by atoms with Crippen LogP contribution in [0.5, 0.6) is 0 Å². The first-order valence-corrected chi connectivity index (χ1v) is 6.11. The lowest BCUT2D eigenvalue weighted by atomic mass is 9.73. The fourth-order valence-electron chi connectivity index (χ4n) is 2.45. The number of nitrogens with zero attached hydrogens (tertiary/aromatic N) is 3. The number of hydrogen-bond donors (Lipinski definition) is 1. The number of rotatable bonds is 2. The van der Waals surface area contributed by atoms with Crippen molar-refractivity contribution in [1.82, 2.24) is 9.97 Å². The van der Waals surface area contributed by atoms with Gasteiger partial charge in [0.25, 0.3) is 0 Å². The molecule has 1 saturated carbocycles. The molecule has 1 aromatic rings. The van der Waals surface area contributed by atoms with Crippen LogP contribution >= 0.6 is 0 Å². The van der Waals surface area contributed by atoms with Gasteiger partial charge in [-0.3, -0.25) is 0 Å². The Balaban J connectivity index is 2.17. The van der Waals surface area contributed by atoms with E-state index in [1.54, 1.807) is 12.4 Å². The Labute approximate surface area is 102 Å².